The molecule has 0 aliphatic rings. The van der Waals surface area contributed by atoms with Crippen LogP contribution >= 0.6 is 7.60 Å². The lowest BCUT2D eigenvalue weighted by atomic mass is 10.1. The SMILES string of the molecule is O=C(/C=C(\O)c1cc(OCc2ccccc2)cc(OCc2ccccc2)c1)P(=O)(O)O. The van der Waals surface area contributed by atoms with Crippen LogP contribution in [0.25, 0.3) is 5.76 Å². The number of aliphatic hydroxyl groups excluding tert-OH is 1. The van der Waals surface area contributed by atoms with Gasteiger partial charge in [0.05, 0.1) is 0 Å². The first-order valence-electron chi connectivity index (χ1n) is 9.31. The molecule has 0 saturated carbocycles. The molecule has 0 saturated heterocycles. The summed E-state index contributed by atoms with van der Waals surface area (Å²) in [5, 5.41) is 10.3. The summed E-state index contributed by atoms with van der Waals surface area (Å²) in [6.07, 6.45) is 0.498. The Morgan fingerprint density at radius 2 is 1.26 bits per heavy atom. The van der Waals surface area contributed by atoms with Gasteiger partial charge in [0.25, 0.3) is 5.52 Å². The summed E-state index contributed by atoms with van der Waals surface area (Å²) in [4.78, 5) is 29.5. The number of carbonyl (C=O) groups excluding carboxylic acids is 1. The molecule has 0 fully saturated rings. The predicted molar refractivity (Wildman–Crippen MR) is 116 cm³/mol. The van der Waals surface area contributed by atoms with E-state index in [1.54, 1.807) is 6.07 Å². The molecule has 0 spiro atoms. The maximum absolute atomic E-state index is 11.6. The van der Waals surface area contributed by atoms with Crippen molar-refractivity contribution in [2.45, 2.75) is 13.2 Å². The van der Waals surface area contributed by atoms with Crippen molar-refractivity contribution < 1.29 is 33.7 Å². The van der Waals surface area contributed by atoms with Crippen LogP contribution in [0.4, 0.5) is 0 Å². The third kappa shape index (κ3) is 6.83. The molecule has 0 aromatic heterocycles. The fourth-order valence-electron chi connectivity index (χ4n) is 2.65. The number of rotatable bonds is 9. The molecule has 8 heteroatoms. The molecule has 0 atom stereocenters. The van der Waals surface area contributed by atoms with Crippen LogP contribution in [-0.4, -0.2) is 20.4 Å². The van der Waals surface area contributed by atoms with Gasteiger partial charge >= 0.3 is 7.60 Å². The smallest absolute Gasteiger partial charge is 0.396 e. The molecule has 0 bridgehead atoms. The minimum Gasteiger partial charge on any atom is -0.507 e. The van der Waals surface area contributed by atoms with E-state index in [2.05, 4.69) is 0 Å². The molecule has 3 aromatic carbocycles. The van der Waals surface area contributed by atoms with Gasteiger partial charge in [0.2, 0.25) is 0 Å². The zero-order valence-corrected chi connectivity index (χ0v) is 17.3. The first-order valence-corrected chi connectivity index (χ1v) is 10.9. The molecular formula is C23H21O7P. The second-order valence-corrected chi connectivity index (χ2v) is 8.18. The van der Waals surface area contributed by atoms with E-state index in [4.69, 9.17) is 19.3 Å². The van der Waals surface area contributed by atoms with Gasteiger partial charge in [-0.2, -0.15) is 0 Å². The van der Waals surface area contributed by atoms with E-state index in [0.29, 0.717) is 17.6 Å². The van der Waals surface area contributed by atoms with E-state index in [9.17, 15) is 14.5 Å². The van der Waals surface area contributed by atoms with Crippen molar-refractivity contribution in [3.05, 3.63) is 102 Å². The monoisotopic (exact) mass is 440 g/mol. The average molecular weight is 440 g/mol. The highest BCUT2D eigenvalue weighted by atomic mass is 31.2. The van der Waals surface area contributed by atoms with E-state index in [1.165, 1.54) is 12.1 Å². The number of aliphatic hydroxyl groups is 1. The van der Waals surface area contributed by atoms with Crippen molar-refractivity contribution in [1.29, 1.82) is 0 Å². The van der Waals surface area contributed by atoms with Gasteiger partial charge in [-0.15, -0.1) is 0 Å². The van der Waals surface area contributed by atoms with E-state index < -0.39 is 18.9 Å². The van der Waals surface area contributed by atoms with Crippen LogP contribution in [-0.2, 0) is 22.6 Å². The fourth-order valence-corrected chi connectivity index (χ4v) is 2.94. The summed E-state index contributed by atoms with van der Waals surface area (Å²) < 4.78 is 22.7. The summed E-state index contributed by atoms with van der Waals surface area (Å²) in [5.74, 6) is 0.101. The average Bonchev–Trinajstić information content (AvgIpc) is 2.77. The number of ether oxygens (including phenoxy) is 2. The number of carbonyl (C=O) groups is 1. The van der Waals surface area contributed by atoms with Crippen molar-refractivity contribution in [3.63, 3.8) is 0 Å². The molecular weight excluding hydrogens is 419 g/mol. The van der Waals surface area contributed by atoms with Crippen molar-refractivity contribution >= 4 is 18.9 Å². The van der Waals surface area contributed by atoms with Crippen LogP contribution in [0.2, 0.25) is 0 Å². The Morgan fingerprint density at radius 3 is 1.68 bits per heavy atom. The van der Waals surface area contributed by atoms with E-state index in [-0.39, 0.29) is 18.8 Å². The van der Waals surface area contributed by atoms with Gasteiger partial charge in [0, 0.05) is 17.7 Å². The van der Waals surface area contributed by atoms with Gasteiger partial charge in [0.1, 0.15) is 30.5 Å². The standard InChI is InChI=1S/C23H21O7P/c24-22(14-23(25)31(26,27)28)19-11-20(29-15-17-7-3-1-4-8-17)13-21(12-19)30-16-18-9-5-2-6-10-18/h1-14,24H,15-16H2,(H2,26,27,28)/b22-14-. The maximum Gasteiger partial charge on any atom is 0.396 e. The van der Waals surface area contributed by atoms with Crippen molar-refractivity contribution in [3.8, 4) is 11.5 Å². The lowest BCUT2D eigenvalue weighted by Crippen LogP contribution is -2.00. The summed E-state index contributed by atoms with van der Waals surface area (Å²) in [6, 6.07) is 23.4. The number of benzene rings is 3. The Hall–Kier alpha value is -3.38. The van der Waals surface area contributed by atoms with Crippen LogP contribution in [0.3, 0.4) is 0 Å². The number of hydrogen-bond acceptors (Lipinski definition) is 5. The molecule has 31 heavy (non-hydrogen) atoms. The van der Waals surface area contributed by atoms with Crippen LogP contribution in [0.5, 0.6) is 11.5 Å². The zero-order valence-electron chi connectivity index (χ0n) is 16.4. The Balaban J connectivity index is 1.86. The third-order valence-corrected chi connectivity index (χ3v) is 4.92. The number of hydrogen-bond donors (Lipinski definition) is 3. The largest absolute Gasteiger partial charge is 0.507 e. The summed E-state index contributed by atoms with van der Waals surface area (Å²) in [5.41, 5.74) is 0.481. The van der Waals surface area contributed by atoms with Gasteiger partial charge in [-0.3, -0.25) is 9.36 Å². The Kier molecular flexibility index (Phi) is 7.26. The minimum atomic E-state index is -5.00. The molecule has 160 valence electrons. The molecule has 3 N–H and O–H groups in total. The highest BCUT2D eigenvalue weighted by molar-refractivity contribution is 7.70. The van der Waals surface area contributed by atoms with Crippen molar-refractivity contribution in [2.75, 3.05) is 0 Å². The molecule has 0 radical (unpaired) electrons. The van der Waals surface area contributed by atoms with Crippen molar-refractivity contribution in [1.82, 2.24) is 0 Å². The first kappa shape index (κ1) is 22.3. The van der Waals surface area contributed by atoms with Crippen LogP contribution in [0, 0.1) is 0 Å². The minimum absolute atomic E-state index is 0.121. The third-order valence-electron chi connectivity index (χ3n) is 4.22. The highest BCUT2D eigenvalue weighted by Crippen LogP contribution is 2.37. The first-order chi connectivity index (χ1) is 14.8. The second kappa shape index (κ2) is 10.1. The lowest BCUT2D eigenvalue weighted by molar-refractivity contribution is -0.109. The molecule has 0 heterocycles. The fraction of sp³-hybridized carbons (Fsp3) is 0.0870. The van der Waals surface area contributed by atoms with E-state index in [0.717, 1.165) is 11.1 Å². The molecule has 3 aromatic rings. The van der Waals surface area contributed by atoms with Crippen molar-refractivity contribution in [2.24, 2.45) is 0 Å². The van der Waals surface area contributed by atoms with Crippen LogP contribution < -0.4 is 9.47 Å². The maximum atomic E-state index is 11.6. The molecule has 0 aliphatic carbocycles. The Morgan fingerprint density at radius 1 is 0.806 bits per heavy atom. The van der Waals surface area contributed by atoms with Gasteiger partial charge in [-0.25, -0.2) is 0 Å². The number of allylic oxidation sites excluding steroid dienone is 1. The highest BCUT2D eigenvalue weighted by Gasteiger charge is 2.24. The van der Waals surface area contributed by atoms with Crippen LogP contribution in [0.15, 0.2) is 84.9 Å². The van der Waals surface area contributed by atoms with Crippen LogP contribution in [0.1, 0.15) is 16.7 Å². The predicted octanol–water partition coefficient (Wildman–Crippen LogP) is 4.45. The molecule has 0 amide bonds. The van der Waals surface area contributed by atoms with E-state index in [1.807, 2.05) is 60.7 Å². The van der Waals surface area contributed by atoms with E-state index >= 15 is 0 Å². The summed E-state index contributed by atoms with van der Waals surface area (Å²) >= 11 is 0. The molecule has 0 aliphatic heterocycles. The van der Waals surface area contributed by atoms with Gasteiger partial charge in [-0.05, 0) is 23.3 Å². The summed E-state index contributed by atoms with van der Waals surface area (Å²) in [7, 11) is -5.00. The topological polar surface area (TPSA) is 113 Å². The molecule has 3 rings (SSSR count). The Labute approximate surface area is 179 Å². The quantitative estimate of drug-likeness (QED) is 0.256. The Bertz CT molecular complexity index is 1040. The summed E-state index contributed by atoms with van der Waals surface area (Å²) in [6.45, 7) is 0.516. The molecule has 0 unspecified atom stereocenters. The van der Waals surface area contributed by atoms with Gasteiger partial charge in [0.15, 0.2) is 0 Å². The zero-order chi connectivity index (χ0) is 22.3. The second-order valence-electron chi connectivity index (χ2n) is 6.65. The van der Waals surface area contributed by atoms with Gasteiger partial charge < -0.3 is 24.4 Å². The normalized spacial score (nSPS) is 11.7. The lowest BCUT2D eigenvalue weighted by Gasteiger charge is -2.13. The van der Waals surface area contributed by atoms with Gasteiger partial charge in [-0.1, -0.05) is 60.7 Å². The molecule has 7 nitrogen and oxygen atoms in total.